The first kappa shape index (κ1) is 22.6. The molecule has 2 heterocycles. The van der Waals surface area contributed by atoms with Crippen LogP contribution in [-0.4, -0.2) is 61.0 Å². The summed E-state index contributed by atoms with van der Waals surface area (Å²) >= 11 is 0. The van der Waals surface area contributed by atoms with E-state index in [0.29, 0.717) is 12.5 Å². The molecule has 34 heavy (non-hydrogen) atoms. The van der Waals surface area contributed by atoms with E-state index >= 15 is 0 Å². The van der Waals surface area contributed by atoms with E-state index in [-0.39, 0.29) is 30.8 Å². The molecule has 3 fully saturated rings. The Morgan fingerprint density at radius 2 is 1.74 bits per heavy atom. The van der Waals surface area contributed by atoms with Crippen LogP contribution < -0.4 is 10.2 Å². The number of anilines is 1. The quantitative estimate of drug-likeness (QED) is 0.606. The fourth-order valence-electron chi connectivity index (χ4n) is 4.71. The van der Waals surface area contributed by atoms with Crippen molar-refractivity contribution in [1.82, 2.24) is 15.3 Å². The number of hydrogen-bond donors (Lipinski definition) is 1. The summed E-state index contributed by atoms with van der Waals surface area (Å²) in [6.45, 7) is 0.840. The standard InChI is InChI=1S/C26H30N4O4/c1-28(2)20-12-10-19(11-13-20)23-22-24(34-30(23)16-21(31)27-14-17-8-9-17)26(33)29(25(22)32)15-18-6-4-3-5-7-18/h3-7,10-13,17,22-24H,8-9,14-16H2,1-2H3,(H,27,31). The highest BCUT2D eigenvalue weighted by Gasteiger charge is 2.59. The van der Waals surface area contributed by atoms with Gasteiger partial charge in [0.25, 0.3) is 5.91 Å². The lowest BCUT2D eigenvalue weighted by molar-refractivity contribution is -0.182. The molecule has 3 aliphatic rings. The van der Waals surface area contributed by atoms with Gasteiger partial charge in [0.1, 0.15) is 6.54 Å². The molecule has 3 unspecified atom stereocenters. The Hall–Kier alpha value is -3.23. The minimum absolute atomic E-state index is 0.0287. The van der Waals surface area contributed by atoms with Crippen molar-refractivity contribution in [3.8, 4) is 0 Å². The zero-order chi connectivity index (χ0) is 23.8. The summed E-state index contributed by atoms with van der Waals surface area (Å²) in [5, 5.41) is 4.48. The van der Waals surface area contributed by atoms with Crippen LogP contribution in [0.15, 0.2) is 54.6 Å². The van der Waals surface area contributed by atoms with Gasteiger partial charge in [-0.25, -0.2) is 0 Å². The van der Waals surface area contributed by atoms with Crippen molar-refractivity contribution < 1.29 is 19.2 Å². The van der Waals surface area contributed by atoms with Gasteiger partial charge < -0.3 is 10.2 Å². The number of fused-ring (bicyclic) bond motifs is 1. The number of nitrogens with one attached hydrogen (secondary N) is 1. The van der Waals surface area contributed by atoms with Gasteiger partial charge in [0.05, 0.1) is 18.5 Å². The summed E-state index contributed by atoms with van der Waals surface area (Å²) in [6, 6.07) is 16.8. The van der Waals surface area contributed by atoms with Gasteiger partial charge in [-0.2, -0.15) is 5.06 Å². The molecule has 3 atom stereocenters. The van der Waals surface area contributed by atoms with E-state index in [1.165, 1.54) is 9.96 Å². The third-order valence-corrected chi connectivity index (χ3v) is 6.80. The minimum Gasteiger partial charge on any atom is -0.378 e. The number of rotatable bonds is 8. The number of benzene rings is 2. The van der Waals surface area contributed by atoms with Crippen molar-refractivity contribution in [2.24, 2.45) is 11.8 Å². The third kappa shape index (κ3) is 4.43. The van der Waals surface area contributed by atoms with Gasteiger partial charge in [-0.1, -0.05) is 42.5 Å². The molecule has 1 N–H and O–H groups in total. The van der Waals surface area contributed by atoms with Crippen LogP contribution in [0.25, 0.3) is 0 Å². The molecule has 2 saturated heterocycles. The van der Waals surface area contributed by atoms with Crippen molar-refractivity contribution in [2.75, 3.05) is 32.1 Å². The Morgan fingerprint density at radius 3 is 2.38 bits per heavy atom. The number of likely N-dealkylation sites (tertiary alicyclic amines) is 1. The van der Waals surface area contributed by atoms with E-state index in [0.717, 1.165) is 29.7 Å². The van der Waals surface area contributed by atoms with Crippen LogP contribution in [0.3, 0.4) is 0 Å². The average molecular weight is 463 g/mol. The molecule has 8 heteroatoms. The molecule has 3 amide bonds. The molecule has 0 radical (unpaired) electrons. The zero-order valence-electron chi connectivity index (χ0n) is 19.5. The van der Waals surface area contributed by atoms with E-state index in [4.69, 9.17) is 4.84 Å². The molecule has 1 aliphatic carbocycles. The smallest absolute Gasteiger partial charge is 0.261 e. The van der Waals surface area contributed by atoms with Crippen LogP contribution in [0.5, 0.6) is 0 Å². The number of carbonyl (C=O) groups excluding carboxylic acids is 3. The fourth-order valence-corrected chi connectivity index (χ4v) is 4.71. The van der Waals surface area contributed by atoms with Gasteiger partial charge in [-0.3, -0.25) is 24.1 Å². The Labute approximate surface area is 199 Å². The first-order chi connectivity index (χ1) is 16.4. The Balaban J connectivity index is 1.40. The average Bonchev–Trinajstić information content (AvgIpc) is 3.56. The SMILES string of the molecule is CN(C)c1ccc(C2C3C(=O)N(Cc4ccccc4)C(=O)C3ON2CC(=O)NCC2CC2)cc1. The van der Waals surface area contributed by atoms with Gasteiger partial charge >= 0.3 is 0 Å². The van der Waals surface area contributed by atoms with E-state index in [9.17, 15) is 14.4 Å². The van der Waals surface area contributed by atoms with Gasteiger partial charge in [0.2, 0.25) is 11.8 Å². The second kappa shape index (κ2) is 9.19. The number of carbonyl (C=O) groups is 3. The molecule has 0 bridgehead atoms. The normalized spacial score (nSPS) is 24.4. The molecular weight excluding hydrogens is 432 g/mol. The number of nitrogens with zero attached hydrogens (tertiary/aromatic N) is 3. The predicted molar refractivity (Wildman–Crippen MR) is 126 cm³/mol. The highest BCUT2D eigenvalue weighted by Crippen LogP contribution is 2.45. The third-order valence-electron chi connectivity index (χ3n) is 6.80. The van der Waals surface area contributed by atoms with E-state index in [1.807, 2.05) is 73.6 Å². The predicted octanol–water partition coefficient (Wildman–Crippen LogP) is 2.12. The van der Waals surface area contributed by atoms with Gasteiger partial charge in [0, 0.05) is 26.3 Å². The molecule has 2 aromatic rings. The van der Waals surface area contributed by atoms with Gasteiger partial charge in [0.15, 0.2) is 6.10 Å². The summed E-state index contributed by atoms with van der Waals surface area (Å²) < 4.78 is 0. The lowest BCUT2D eigenvalue weighted by Gasteiger charge is -2.27. The molecule has 8 nitrogen and oxygen atoms in total. The maximum absolute atomic E-state index is 13.5. The molecule has 2 aromatic carbocycles. The fraction of sp³-hybridized carbons (Fsp3) is 0.423. The Bertz CT molecular complexity index is 1070. The van der Waals surface area contributed by atoms with Crippen molar-refractivity contribution in [3.63, 3.8) is 0 Å². The molecule has 2 aliphatic heterocycles. The highest BCUT2D eigenvalue weighted by atomic mass is 16.7. The van der Waals surface area contributed by atoms with Crippen LogP contribution in [-0.2, 0) is 25.8 Å². The monoisotopic (exact) mass is 462 g/mol. The zero-order valence-corrected chi connectivity index (χ0v) is 19.5. The van der Waals surface area contributed by atoms with Crippen LogP contribution >= 0.6 is 0 Å². The van der Waals surface area contributed by atoms with Crippen LogP contribution in [0.4, 0.5) is 5.69 Å². The van der Waals surface area contributed by atoms with E-state index in [2.05, 4.69) is 5.32 Å². The summed E-state index contributed by atoms with van der Waals surface area (Å²) in [5.41, 5.74) is 2.75. The largest absolute Gasteiger partial charge is 0.378 e. The first-order valence-electron chi connectivity index (χ1n) is 11.8. The van der Waals surface area contributed by atoms with E-state index < -0.39 is 18.1 Å². The topological polar surface area (TPSA) is 82.2 Å². The molecule has 0 aromatic heterocycles. The summed E-state index contributed by atoms with van der Waals surface area (Å²) in [6.07, 6.45) is 1.36. The lowest BCUT2D eigenvalue weighted by Crippen LogP contribution is -2.41. The maximum atomic E-state index is 13.5. The molecule has 178 valence electrons. The first-order valence-corrected chi connectivity index (χ1v) is 11.8. The summed E-state index contributed by atoms with van der Waals surface area (Å²) in [5.74, 6) is -0.913. The number of hydrogen-bond acceptors (Lipinski definition) is 6. The summed E-state index contributed by atoms with van der Waals surface area (Å²) in [4.78, 5) is 48.7. The summed E-state index contributed by atoms with van der Waals surface area (Å²) in [7, 11) is 3.92. The molecule has 5 rings (SSSR count). The Morgan fingerprint density at radius 1 is 1.03 bits per heavy atom. The number of hydroxylamine groups is 2. The van der Waals surface area contributed by atoms with Gasteiger partial charge in [-0.15, -0.1) is 0 Å². The van der Waals surface area contributed by atoms with Crippen LogP contribution in [0.2, 0.25) is 0 Å². The van der Waals surface area contributed by atoms with Crippen molar-refractivity contribution in [1.29, 1.82) is 0 Å². The van der Waals surface area contributed by atoms with Crippen molar-refractivity contribution in [2.45, 2.75) is 31.5 Å². The second-order valence-electron chi connectivity index (χ2n) is 9.55. The molecule has 0 spiro atoms. The molecule has 1 saturated carbocycles. The van der Waals surface area contributed by atoms with Gasteiger partial charge in [-0.05, 0) is 42.0 Å². The van der Waals surface area contributed by atoms with E-state index in [1.54, 1.807) is 0 Å². The highest BCUT2D eigenvalue weighted by molar-refractivity contribution is 6.07. The number of imide groups is 1. The maximum Gasteiger partial charge on any atom is 0.261 e. The van der Waals surface area contributed by atoms with Crippen LogP contribution in [0, 0.1) is 11.8 Å². The second-order valence-corrected chi connectivity index (χ2v) is 9.55. The lowest BCUT2D eigenvalue weighted by atomic mass is 9.90. The Kier molecular flexibility index (Phi) is 6.10. The minimum atomic E-state index is -0.925. The van der Waals surface area contributed by atoms with Crippen molar-refractivity contribution in [3.05, 3.63) is 65.7 Å². The molecular formula is C26H30N4O4. The van der Waals surface area contributed by atoms with Crippen LogP contribution in [0.1, 0.15) is 30.0 Å². The number of amides is 3. The van der Waals surface area contributed by atoms with Crippen molar-refractivity contribution >= 4 is 23.4 Å².